The van der Waals surface area contributed by atoms with Gasteiger partial charge in [-0.25, -0.2) is 12.7 Å². The van der Waals surface area contributed by atoms with Crippen molar-refractivity contribution >= 4 is 50.3 Å². The Balaban J connectivity index is 1.74. The molecule has 1 aliphatic heterocycles. The molecule has 2 amide bonds. The zero-order chi connectivity index (χ0) is 21.3. The van der Waals surface area contributed by atoms with Crippen LogP contribution in [-0.4, -0.2) is 37.6 Å². The second-order valence-corrected chi connectivity index (χ2v) is 9.12. The summed E-state index contributed by atoms with van der Waals surface area (Å²) in [4.78, 5) is 25.1. The van der Waals surface area contributed by atoms with E-state index in [0.29, 0.717) is 9.33 Å². The number of nitrogens with one attached hydrogen (secondary N) is 1. The first kappa shape index (κ1) is 20.1. The van der Waals surface area contributed by atoms with Crippen molar-refractivity contribution in [2.24, 2.45) is 0 Å². The maximum absolute atomic E-state index is 13.1. The molecule has 0 saturated carbocycles. The molecule has 4 rings (SSSR count). The van der Waals surface area contributed by atoms with E-state index in [2.05, 4.69) is 5.32 Å². The summed E-state index contributed by atoms with van der Waals surface area (Å²) in [6.45, 7) is -0.643. The van der Waals surface area contributed by atoms with Crippen LogP contribution in [-0.2, 0) is 19.6 Å². The largest absolute Gasteiger partial charge is 0.350 e. The molecule has 1 fully saturated rings. The molecule has 0 radical (unpaired) electrons. The normalized spacial score (nSPS) is 16.6. The molecule has 0 bridgehead atoms. The Morgan fingerprint density at radius 3 is 2.37 bits per heavy atom. The van der Waals surface area contributed by atoms with Crippen molar-refractivity contribution in [3.05, 3.63) is 82.9 Å². The standard InChI is InChI=1S/C22H17ClN2O4S/c23-19-7-9-20(10-8-19)30(28,29)25-14-21(26)24-13-18(22(25)27)12-15-5-6-16-3-1-2-4-17(16)11-15/h1-12H,13-14H2,(H,24,26). The summed E-state index contributed by atoms with van der Waals surface area (Å²) < 4.78 is 26.7. The topological polar surface area (TPSA) is 83.6 Å². The smallest absolute Gasteiger partial charge is 0.267 e. The van der Waals surface area contributed by atoms with Crippen molar-refractivity contribution in [1.29, 1.82) is 0 Å². The van der Waals surface area contributed by atoms with Gasteiger partial charge in [0.15, 0.2) is 0 Å². The van der Waals surface area contributed by atoms with Crippen molar-refractivity contribution in [3.8, 4) is 0 Å². The molecule has 1 heterocycles. The molecular formula is C22H17ClN2O4S. The highest BCUT2D eigenvalue weighted by Gasteiger charge is 2.35. The lowest BCUT2D eigenvalue weighted by atomic mass is 10.0. The van der Waals surface area contributed by atoms with Gasteiger partial charge in [0, 0.05) is 17.1 Å². The summed E-state index contributed by atoms with van der Waals surface area (Å²) >= 11 is 5.83. The Bertz CT molecular complexity index is 1280. The van der Waals surface area contributed by atoms with Gasteiger partial charge in [-0.2, -0.15) is 0 Å². The number of amides is 2. The number of sulfonamides is 1. The summed E-state index contributed by atoms with van der Waals surface area (Å²) in [6, 6.07) is 18.9. The fraction of sp³-hybridized carbons (Fsp3) is 0.0909. The van der Waals surface area contributed by atoms with Gasteiger partial charge in [-0.1, -0.05) is 48.0 Å². The molecule has 0 aromatic heterocycles. The van der Waals surface area contributed by atoms with Gasteiger partial charge in [-0.3, -0.25) is 9.59 Å². The maximum Gasteiger partial charge on any atom is 0.267 e. The number of rotatable bonds is 3. The first-order chi connectivity index (χ1) is 14.3. The third-order valence-electron chi connectivity index (χ3n) is 4.78. The SMILES string of the molecule is O=C1CN(S(=O)(=O)c2ccc(Cl)cc2)C(=O)C(=Cc2ccc3ccccc3c2)CN1. The minimum atomic E-state index is -4.22. The number of hydrogen-bond donors (Lipinski definition) is 1. The number of carbonyl (C=O) groups is 2. The molecule has 1 N–H and O–H groups in total. The number of hydrogen-bond acceptors (Lipinski definition) is 4. The zero-order valence-electron chi connectivity index (χ0n) is 15.7. The Hall–Kier alpha value is -3.16. The number of carbonyl (C=O) groups excluding carboxylic acids is 2. The Kier molecular flexibility index (Phi) is 5.32. The lowest BCUT2D eigenvalue weighted by molar-refractivity contribution is -0.127. The van der Waals surface area contributed by atoms with Gasteiger partial charge in [0.1, 0.15) is 6.54 Å². The summed E-state index contributed by atoms with van der Waals surface area (Å²) in [5.74, 6) is -1.29. The van der Waals surface area contributed by atoms with Crippen molar-refractivity contribution in [1.82, 2.24) is 9.62 Å². The third-order valence-corrected chi connectivity index (χ3v) is 6.78. The van der Waals surface area contributed by atoms with E-state index in [4.69, 9.17) is 11.6 Å². The second-order valence-electron chi connectivity index (χ2n) is 6.82. The predicted octanol–water partition coefficient (Wildman–Crippen LogP) is 3.22. The van der Waals surface area contributed by atoms with Gasteiger partial charge >= 0.3 is 0 Å². The minimum absolute atomic E-state index is 0.0584. The molecule has 152 valence electrons. The molecule has 1 saturated heterocycles. The van der Waals surface area contributed by atoms with Crippen LogP contribution in [0.5, 0.6) is 0 Å². The molecule has 1 aliphatic rings. The van der Waals surface area contributed by atoms with Crippen LogP contribution in [0.2, 0.25) is 5.02 Å². The molecule has 0 spiro atoms. The van der Waals surface area contributed by atoms with E-state index in [1.54, 1.807) is 6.08 Å². The number of halogens is 1. The highest BCUT2D eigenvalue weighted by Crippen LogP contribution is 2.23. The zero-order valence-corrected chi connectivity index (χ0v) is 17.3. The van der Waals surface area contributed by atoms with Crippen LogP contribution in [0.4, 0.5) is 0 Å². The highest BCUT2D eigenvalue weighted by molar-refractivity contribution is 7.89. The minimum Gasteiger partial charge on any atom is -0.350 e. The fourth-order valence-corrected chi connectivity index (χ4v) is 4.71. The first-order valence-corrected chi connectivity index (χ1v) is 10.9. The number of fused-ring (bicyclic) bond motifs is 1. The molecule has 0 aliphatic carbocycles. The third kappa shape index (κ3) is 3.94. The lowest BCUT2D eigenvalue weighted by Gasteiger charge is -2.20. The van der Waals surface area contributed by atoms with E-state index in [1.165, 1.54) is 24.3 Å². The average Bonchev–Trinajstić information content (AvgIpc) is 2.88. The number of nitrogens with zero attached hydrogens (tertiary/aromatic N) is 1. The van der Waals surface area contributed by atoms with Gasteiger partial charge in [-0.05, 0) is 52.7 Å². The molecule has 30 heavy (non-hydrogen) atoms. The summed E-state index contributed by atoms with van der Waals surface area (Å²) in [7, 11) is -4.22. The Morgan fingerprint density at radius 1 is 0.933 bits per heavy atom. The van der Waals surface area contributed by atoms with E-state index in [1.807, 2.05) is 42.5 Å². The second kappa shape index (κ2) is 7.93. The monoisotopic (exact) mass is 440 g/mol. The van der Waals surface area contributed by atoms with Crippen molar-refractivity contribution < 1.29 is 18.0 Å². The van der Waals surface area contributed by atoms with Crippen molar-refractivity contribution in [2.75, 3.05) is 13.1 Å². The van der Waals surface area contributed by atoms with Gasteiger partial charge in [-0.15, -0.1) is 0 Å². The van der Waals surface area contributed by atoms with E-state index in [9.17, 15) is 18.0 Å². The molecular weight excluding hydrogens is 424 g/mol. The van der Waals surface area contributed by atoms with Gasteiger partial charge in [0.2, 0.25) is 5.91 Å². The molecule has 6 nitrogen and oxygen atoms in total. The molecule has 3 aromatic rings. The molecule has 8 heteroatoms. The summed E-state index contributed by atoms with van der Waals surface area (Å²) in [5, 5.41) is 4.99. The van der Waals surface area contributed by atoms with Crippen LogP contribution in [0.3, 0.4) is 0 Å². The first-order valence-electron chi connectivity index (χ1n) is 9.13. The summed E-state index contributed by atoms with van der Waals surface area (Å²) in [5.41, 5.74) is 0.908. The quantitative estimate of drug-likeness (QED) is 0.634. The highest BCUT2D eigenvalue weighted by atomic mass is 35.5. The van der Waals surface area contributed by atoms with Crippen LogP contribution in [0, 0.1) is 0 Å². The predicted molar refractivity (Wildman–Crippen MR) is 115 cm³/mol. The van der Waals surface area contributed by atoms with Gasteiger partial charge in [0.25, 0.3) is 15.9 Å². The van der Waals surface area contributed by atoms with Crippen molar-refractivity contribution in [2.45, 2.75) is 4.90 Å². The average molecular weight is 441 g/mol. The van der Waals surface area contributed by atoms with E-state index >= 15 is 0 Å². The van der Waals surface area contributed by atoms with Crippen LogP contribution in [0.1, 0.15) is 5.56 Å². The lowest BCUT2D eigenvalue weighted by Crippen LogP contribution is -2.40. The summed E-state index contributed by atoms with van der Waals surface area (Å²) in [6.07, 6.45) is 1.60. The molecule has 0 atom stereocenters. The van der Waals surface area contributed by atoms with Crippen LogP contribution < -0.4 is 5.32 Å². The maximum atomic E-state index is 13.1. The van der Waals surface area contributed by atoms with E-state index < -0.39 is 28.4 Å². The van der Waals surface area contributed by atoms with Gasteiger partial charge in [0.05, 0.1) is 4.90 Å². The van der Waals surface area contributed by atoms with E-state index in [-0.39, 0.29) is 17.0 Å². The molecule has 0 unspecified atom stereocenters. The van der Waals surface area contributed by atoms with Crippen LogP contribution >= 0.6 is 11.6 Å². The Labute approximate surface area is 178 Å². The van der Waals surface area contributed by atoms with Gasteiger partial charge < -0.3 is 5.32 Å². The number of benzene rings is 3. The van der Waals surface area contributed by atoms with E-state index in [0.717, 1.165) is 16.3 Å². The van der Waals surface area contributed by atoms with Crippen molar-refractivity contribution in [3.63, 3.8) is 0 Å². The Morgan fingerprint density at radius 2 is 1.63 bits per heavy atom. The van der Waals surface area contributed by atoms with Crippen LogP contribution in [0.25, 0.3) is 16.8 Å². The fourth-order valence-electron chi connectivity index (χ4n) is 3.23. The molecule has 3 aromatic carbocycles. The van der Waals surface area contributed by atoms with Crippen LogP contribution in [0.15, 0.2) is 77.2 Å².